The lowest BCUT2D eigenvalue weighted by atomic mass is 10.3. The van der Waals surface area contributed by atoms with Gasteiger partial charge in [-0.2, -0.15) is 0 Å². The van der Waals surface area contributed by atoms with Gasteiger partial charge in [-0.3, -0.25) is 4.79 Å². The molecule has 0 atom stereocenters. The summed E-state index contributed by atoms with van der Waals surface area (Å²) in [5.74, 6) is -3.22. The van der Waals surface area contributed by atoms with Crippen LogP contribution in [0.2, 0.25) is 0 Å². The van der Waals surface area contributed by atoms with Crippen LogP contribution in [0.15, 0.2) is 36.5 Å². The van der Waals surface area contributed by atoms with Crippen LogP contribution in [-0.2, 0) is 4.79 Å². The molecule has 22 heavy (non-hydrogen) atoms. The zero-order valence-electron chi connectivity index (χ0n) is 11.0. The molecule has 0 aliphatic rings. The Hall–Kier alpha value is -3.10. The van der Waals surface area contributed by atoms with Crippen molar-refractivity contribution < 1.29 is 23.2 Å². The van der Waals surface area contributed by atoms with Gasteiger partial charge in [0.1, 0.15) is 17.8 Å². The number of nitrogens with zero attached hydrogens (tertiary/aromatic N) is 2. The fraction of sp³-hybridized carbons (Fsp3) is 0.0769. The number of halogens is 2. The molecule has 0 unspecified atom stereocenters. The van der Waals surface area contributed by atoms with E-state index in [1.807, 2.05) is 0 Å². The minimum atomic E-state index is -0.944. The Kier molecular flexibility index (Phi) is 4.57. The maximum atomic E-state index is 13.3. The number of nitrogens with one attached hydrogen (secondary N) is 1. The average Bonchev–Trinajstić information content (AvgIpc) is 2.48. The van der Waals surface area contributed by atoms with Crippen molar-refractivity contribution in [3.8, 4) is 5.75 Å². The molecule has 0 aliphatic heterocycles. The van der Waals surface area contributed by atoms with E-state index in [0.717, 1.165) is 12.1 Å². The third-order valence-corrected chi connectivity index (χ3v) is 2.49. The zero-order chi connectivity index (χ0) is 16.1. The molecule has 0 spiro atoms. The van der Waals surface area contributed by atoms with Crippen molar-refractivity contribution in [2.45, 2.75) is 0 Å². The van der Waals surface area contributed by atoms with Crippen LogP contribution in [0.4, 0.5) is 20.3 Å². The number of ether oxygens (including phenoxy) is 1. The van der Waals surface area contributed by atoms with Gasteiger partial charge in [-0.15, -0.1) is 0 Å². The molecule has 2 aromatic rings. The lowest BCUT2D eigenvalue weighted by Crippen LogP contribution is -2.21. The Morgan fingerprint density at radius 1 is 1.36 bits per heavy atom. The molecule has 1 amide bonds. The third kappa shape index (κ3) is 3.72. The summed E-state index contributed by atoms with van der Waals surface area (Å²) >= 11 is 0. The molecule has 114 valence electrons. The molecule has 1 heterocycles. The second kappa shape index (κ2) is 6.57. The summed E-state index contributed by atoms with van der Waals surface area (Å²) in [7, 11) is 0. The number of hydrogen-bond donors (Lipinski definition) is 1. The summed E-state index contributed by atoms with van der Waals surface area (Å²) in [5.41, 5.74) is -0.226. The van der Waals surface area contributed by atoms with Gasteiger partial charge >= 0.3 is 5.82 Å². The number of carbonyl (C=O) groups is 1. The summed E-state index contributed by atoms with van der Waals surface area (Å²) in [4.78, 5) is 25.1. The van der Waals surface area contributed by atoms with Crippen LogP contribution >= 0.6 is 0 Å². The van der Waals surface area contributed by atoms with Crippen LogP contribution in [-0.4, -0.2) is 22.4 Å². The summed E-state index contributed by atoms with van der Waals surface area (Å²) in [6.07, 6.45) is 1.21. The number of carbonyl (C=O) groups excluding carboxylic acids is 1. The van der Waals surface area contributed by atoms with Crippen molar-refractivity contribution in [3.05, 3.63) is 58.3 Å². The first-order valence-electron chi connectivity index (χ1n) is 5.94. The maximum absolute atomic E-state index is 13.3. The molecule has 0 fully saturated rings. The van der Waals surface area contributed by atoms with Crippen molar-refractivity contribution in [2.24, 2.45) is 0 Å². The summed E-state index contributed by atoms with van der Waals surface area (Å²) in [5, 5.41) is 12.9. The normalized spacial score (nSPS) is 10.1. The lowest BCUT2D eigenvalue weighted by molar-refractivity contribution is -0.390. The number of nitro groups is 1. The van der Waals surface area contributed by atoms with Gasteiger partial charge in [-0.05, 0) is 34.2 Å². The van der Waals surface area contributed by atoms with E-state index in [9.17, 15) is 23.7 Å². The first-order chi connectivity index (χ1) is 10.5. The molecule has 2 rings (SSSR count). The topological polar surface area (TPSA) is 94.4 Å². The number of pyridine rings is 1. The number of amides is 1. The quantitative estimate of drug-likeness (QED) is 0.675. The highest BCUT2D eigenvalue weighted by Crippen LogP contribution is 2.22. The highest BCUT2D eigenvalue weighted by atomic mass is 19.1. The minimum Gasteiger partial charge on any atom is -0.476 e. The highest BCUT2D eigenvalue weighted by molar-refractivity contribution is 5.92. The van der Waals surface area contributed by atoms with Gasteiger partial charge in [0, 0.05) is 6.07 Å². The molecule has 9 heteroatoms. The lowest BCUT2D eigenvalue weighted by Gasteiger charge is -2.08. The second-order valence-corrected chi connectivity index (χ2v) is 4.04. The Labute approximate surface area is 122 Å². The average molecular weight is 309 g/mol. The maximum Gasteiger partial charge on any atom is 0.406 e. The molecule has 0 saturated heterocycles. The van der Waals surface area contributed by atoms with E-state index in [1.165, 1.54) is 18.3 Å². The summed E-state index contributed by atoms with van der Waals surface area (Å²) in [6, 6.07) is 5.32. The molecule has 0 bridgehead atoms. The predicted molar refractivity (Wildman–Crippen MR) is 71.4 cm³/mol. The van der Waals surface area contributed by atoms with E-state index in [-0.39, 0.29) is 11.4 Å². The number of hydrogen-bond acceptors (Lipinski definition) is 5. The van der Waals surface area contributed by atoms with Gasteiger partial charge in [-0.1, -0.05) is 0 Å². The molecule has 7 nitrogen and oxygen atoms in total. The molecular formula is C13H9F2N3O4. The molecule has 0 radical (unpaired) electrons. The van der Waals surface area contributed by atoms with Crippen LogP contribution in [0.3, 0.4) is 0 Å². The monoisotopic (exact) mass is 309 g/mol. The van der Waals surface area contributed by atoms with Gasteiger partial charge in [0.2, 0.25) is 5.75 Å². The van der Waals surface area contributed by atoms with Gasteiger partial charge in [-0.25, -0.2) is 8.78 Å². The van der Waals surface area contributed by atoms with E-state index in [4.69, 9.17) is 4.74 Å². The fourth-order valence-electron chi connectivity index (χ4n) is 1.55. The Morgan fingerprint density at radius 2 is 2.14 bits per heavy atom. The predicted octanol–water partition coefficient (Wildman–Crippen LogP) is 2.29. The minimum absolute atomic E-state index is 0.192. The van der Waals surface area contributed by atoms with E-state index in [1.54, 1.807) is 0 Å². The van der Waals surface area contributed by atoms with E-state index >= 15 is 0 Å². The summed E-state index contributed by atoms with van der Waals surface area (Å²) in [6.45, 7) is -0.594. The van der Waals surface area contributed by atoms with E-state index in [2.05, 4.69) is 10.3 Å². The van der Waals surface area contributed by atoms with Gasteiger partial charge < -0.3 is 20.2 Å². The van der Waals surface area contributed by atoms with Gasteiger partial charge in [0.05, 0.1) is 5.69 Å². The number of rotatable bonds is 5. The molecular weight excluding hydrogens is 300 g/mol. The van der Waals surface area contributed by atoms with E-state index < -0.39 is 34.9 Å². The van der Waals surface area contributed by atoms with Crippen LogP contribution in [0, 0.1) is 21.7 Å². The van der Waals surface area contributed by atoms with Crippen molar-refractivity contribution in [2.75, 3.05) is 11.9 Å². The molecule has 1 aromatic heterocycles. The van der Waals surface area contributed by atoms with Crippen LogP contribution in [0.25, 0.3) is 0 Å². The standard InChI is InChI=1S/C13H9F2N3O4/c14-8-3-4-10(9(15)6-8)17-12(19)7-22-11-2-1-5-16-13(11)18(20)21/h1-6H,7H2,(H,17,19). The second-order valence-electron chi connectivity index (χ2n) is 4.04. The SMILES string of the molecule is O=C(COc1cccnc1[N+](=O)[O-])Nc1ccc(F)cc1F. The Balaban J connectivity index is 2.00. The Morgan fingerprint density at radius 3 is 2.82 bits per heavy atom. The van der Waals surface area contributed by atoms with E-state index in [0.29, 0.717) is 6.07 Å². The molecule has 0 aliphatic carbocycles. The van der Waals surface area contributed by atoms with Crippen molar-refractivity contribution in [3.63, 3.8) is 0 Å². The van der Waals surface area contributed by atoms with Gasteiger partial charge in [0.15, 0.2) is 6.61 Å². The number of aromatic nitrogens is 1. The van der Waals surface area contributed by atoms with Crippen LogP contribution in [0.5, 0.6) is 5.75 Å². The van der Waals surface area contributed by atoms with Crippen molar-refractivity contribution in [1.82, 2.24) is 4.98 Å². The van der Waals surface area contributed by atoms with Crippen LogP contribution < -0.4 is 10.1 Å². The van der Waals surface area contributed by atoms with Crippen LogP contribution in [0.1, 0.15) is 0 Å². The fourth-order valence-corrected chi connectivity index (χ4v) is 1.55. The molecule has 0 saturated carbocycles. The highest BCUT2D eigenvalue weighted by Gasteiger charge is 2.17. The van der Waals surface area contributed by atoms with Crippen molar-refractivity contribution >= 4 is 17.4 Å². The number of anilines is 1. The third-order valence-electron chi connectivity index (χ3n) is 2.49. The Bertz CT molecular complexity index is 724. The molecule has 1 aromatic carbocycles. The smallest absolute Gasteiger partial charge is 0.406 e. The first kappa shape index (κ1) is 15.3. The first-order valence-corrected chi connectivity index (χ1v) is 5.94. The van der Waals surface area contributed by atoms with Gasteiger partial charge in [0.25, 0.3) is 5.91 Å². The van der Waals surface area contributed by atoms with Crippen molar-refractivity contribution in [1.29, 1.82) is 0 Å². The zero-order valence-corrected chi connectivity index (χ0v) is 11.0. The summed E-state index contributed by atoms with van der Waals surface area (Å²) < 4.78 is 31.1. The largest absolute Gasteiger partial charge is 0.476 e. The molecule has 1 N–H and O–H groups in total. The number of benzene rings is 1.